The van der Waals surface area contributed by atoms with E-state index in [0.29, 0.717) is 11.3 Å². The highest BCUT2D eigenvalue weighted by atomic mass is 16.5. The Morgan fingerprint density at radius 2 is 1.37 bits per heavy atom. The molecule has 0 amide bonds. The number of carbonyl (C=O) groups excluding carboxylic acids is 1. The van der Waals surface area contributed by atoms with E-state index in [9.17, 15) is 4.79 Å². The van der Waals surface area contributed by atoms with Crippen LogP contribution in [-0.2, 0) is 22.1 Å². The van der Waals surface area contributed by atoms with Crippen LogP contribution in [0.3, 0.4) is 0 Å². The van der Waals surface area contributed by atoms with Crippen LogP contribution in [-0.4, -0.2) is 70.3 Å². The SMILES string of the molecule is CCCCCCc1ccc(C(=O)Oc2ccc(N3CCN(C4(c5ccccc5)C=CC=C(C5=C6C7=C(c8cc(N9CCN(c%10ccccc%10)CC9)c(OC)cc8C6OC=C5)c5ccccc5C7(C)C)C4)CC3)cc2)cc1. The molecular weight excluding hydrogens is 937 g/mol. The molecule has 0 bridgehead atoms. The Morgan fingerprint density at radius 1 is 0.697 bits per heavy atom. The minimum Gasteiger partial charge on any atom is -0.495 e. The summed E-state index contributed by atoms with van der Waals surface area (Å²) in [4.78, 5) is 23.3. The Kier molecular flexibility index (Phi) is 13.5. The van der Waals surface area contributed by atoms with Crippen LogP contribution in [0, 0.1) is 0 Å². The van der Waals surface area contributed by atoms with Crippen molar-refractivity contribution in [2.24, 2.45) is 0 Å². The van der Waals surface area contributed by atoms with Crippen LogP contribution in [0.4, 0.5) is 17.1 Å². The minimum absolute atomic E-state index is 0.282. The molecule has 12 rings (SSSR count). The van der Waals surface area contributed by atoms with Gasteiger partial charge in [0.05, 0.1) is 30.2 Å². The summed E-state index contributed by atoms with van der Waals surface area (Å²) in [6.45, 7) is 14.2. The number of hydrogen-bond acceptors (Lipinski definition) is 8. The van der Waals surface area contributed by atoms with Gasteiger partial charge in [-0.15, -0.1) is 0 Å². The lowest BCUT2D eigenvalue weighted by molar-refractivity contribution is 0.0734. The number of hydrogen-bond donors (Lipinski definition) is 0. The van der Waals surface area contributed by atoms with Crippen molar-refractivity contribution in [1.82, 2.24) is 4.90 Å². The molecule has 2 unspecified atom stereocenters. The first kappa shape index (κ1) is 49.3. The Bertz CT molecular complexity index is 3260. The minimum atomic E-state index is -0.376. The van der Waals surface area contributed by atoms with Crippen molar-refractivity contribution < 1.29 is 19.0 Å². The number of unbranched alkanes of at least 4 members (excludes halogenated alkanes) is 3. The fourth-order valence-corrected chi connectivity index (χ4v) is 13.2. The highest BCUT2D eigenvalue weighted by molar-refractivity contribution is 5.98. The largest absolute Gasteiger partial charge is 0.495 e. The topological polar surface area (TPSA) is 57.7 Å². The molecule has 0 saturated carbocycles. The number of piperazine rings is 2. The van der Waals surface area contributed by atoms with Crippen molar-refractivity contribution in [2.45, 2.75) is 76.4 Å². The summed E-state index contributed by atoms with van der Waals surface area (Å²) in [5, 5.41) is 0. The van der Waals surface area contributed by atoms with E-state index in [0.717, 1.165) is 87.9 Å². The summed E-state index contributed by atoms with van der Waals surface area (Å²) in [6, 6.07) is 51.6. The first-order valence-electron chi connectivity index (χ1n) is 27.8. The van der Waals surface area contributed by atoms with Gasteiger partial charge in [0.15, 0.2) is 0 Å². The highest BCUT2D eigenvalue weighted by Crippen LogP contribution is 2.61. The lowest BCUT2D eigenvalue weighted by atomic mass is 9.68. The normalized spacial score (nSPS) is 20.6. The van der Waals surface area contributed by atoms with E-state index in [1.807, 2.05) is 37.6 Å². The lowest BCUT2D eigenvalue weighted by Crippen LogP contribution is -2.55. The van der Waals surface area contributed by atoms with E-state index in [4.69, 9.17) is 14.2 Å². The number of aryl methyl sites for hydroxylation is 1. The molecule has 76 heavy (non-hydrogen) atoms. The van der Waals surface area contributed by atoms with Crippen LogP contribution in [0.5, 0.6) is 11.5 Å². The van der Waals surface area contributed by atoms with E-state index >= 15 is 0 Å². The quantitative estimate of drug-likeness (QED) is 0.0608. The first-order valence-corrected chi connectivity index (χ1v) is 27.8. The zero-order valence-electron chi connectivity index (χ0n) is 44.6. The van der Waals surface area contributed by atoms with E-state index in [-0.39, 0.29) is 23.0 Å². The van der Waals surface area contributed by atoms with Crippen LogP contribution in [0.25, 0.3) is 5.57 Å². The molecule has 2 fully saturated rings. The van der Waals surface area contributed by atoms with Gasteiger partial charge in [0.2, 0.25) is 0 Å². The summed E-state index contributed by atoms with van der Waals surface area (Å²) in [5.41, 5.74) is 17.5. The number of methoxy groups -OCH3 is 1. The molecule has 0 N–H and O–H groups in total. The van der Waals surface area contributed by atoms with Crippen molar-refractivity contribution in [2.75, 3.05) is 74.2 Å². The standard InChI is InChI=1S/C68H70N4O4/c1-5-6-7-10-18-48-26-28-49(29-27-48)66(73)76-54-32-30-53(31-33-54)70-40-42-72(43-41-70)68(51-20-11-8-12-21-51)35-17-19-50(47-68)55-34-44-75-65-58-46-61(74-4)60(71-38-36-69(37-39-71)52-22-13-9-14-23-52)45-57(58)62-56-24-15-16-25-59(56)67(2,3)64(62)63(55)65/h8-9,11-17,19-35,44-46,65H,5-7,10,18,36-43,47H2,1-4H3. The van der Waals surface area contributed by atoms with Crippen molar-refractivity contribution in [3.05, 3.63) is 237 Å². The Hall–Kier alpha value is -7.55. The first-order chi connectivity index (χ1) is 37.2. The fourth-order valence-electron chi connectivity index (χ4n) is 13.2. The van der Waals surface area contributed by atoms with Crippen LogP contribution in [0.2, 0.25) is 0 Å². The second-order valence-corrected chi connectivity index (χ2v) is 21.9. The van der Waals surface area contributed by atoms with Crippen LogP contribution in [0.15, 0.2) is 198 Å². The fraction of sp³-hybridized carbons (Fsp3) is 0.309. The average molecular weight is 1010 g/mol. The van der Waals surface area contributed by atoms with Crippen molar-refractivity contribution >= 4 is 28.6 Å². The molecule has 2 saturated heterocycles. The van der Waals surface area contributed by atoms with Crippen molar-refractivity contribution in [1.29, 1.82) is 0 Å². The monoisotopic (exact) mass is 1010 g/mol. The zero-order valence-corrected chi connectivity index (χ0v) is 44.6. The van der Waals surface area contributed by atoms with E-state index in [2.05, 4.69) is 186 Å². The van der Waals surface area contributed by atoms with Crippen molar-refractivity contribution in [3.63, 3.8) is 0 Å². The van der Waals surface area contributed by atoms with Gasteiger partial charge in [0.1, 0.15) is 17.6 Å². The van der Waals surface area contributed by atoms with Gasteiger partial charge >= 0.3 is 5.97 Å². The maximum atomic E-state index is 13.2. The maximum Gasteiger partial charge on any atom is 0.343 e. The molecule has 6 aliphatic rings. The molecule has 3 heterocycles. The van der Waals surface area contributed by atoms with Gasteiger partial charge in [-0.05, 0) is 136 Å². The van der Waals surface area contributed by atoms with Gasteiger partial charge in [-0.1, -0.05) is 143 Å². The van der Waals surface area contributed by atoms with Gasteiger partial charge in [-0.3, -0.25) is 4.90 Å². The van der Waals surface area contributed by atoms with Gasteiger partial charge in [0, 0.05) is 80.3 Å². The predicted octanol–water partition coefficient (Wildman–Crippen LogP) is 14.0. The predicted molar refractivity (Wildman–Crippen MR) is 309 cm³/mol. The summed E-state index contributed by atoms with van der Waals surface area (Å²) in [7, 11) is 1.81. The van der Waals surface area contributed by atoms with Crippen LogP contribution < -0.4 is 24.2 Å². The van der Waals surface area contributed by atoms with Gasteiger partial charge < -0.3 is 28.9 Å². The number of rotatable bonds is 14. The second-order valence-electron chi connectivity index (χ2n) is 21.9. The average Bonchev–Trinajstić information content (AvgIpc) is 3.77. The number of esters is 1. The maximum absolute atomic E-state index is 13.2. The summed E-state index contributed by atoms with van der Waals surface area (Å²) < 4.78 is 19.1. The van der Waals surface area contributed by atoms with Gasteiger partial charge in [0.25, 0.3) is 0 Å². The second kappa shape index (κ2) is 20.9. The number of nitrogens with zero attached hydrogens (tertiary/aromatic N) is 4. The van der Waals surface area contributed by atoms with Crippen LogP contribution >= 0.6 is 0 Å². The summed E-state index contributed by atoms with van der Waals surface area (Å²) in [5.74, 6) is 1.10. The third-order valence-electron chi connectivity index (χ3n) is 17.2. The molecule has 0 aromatic heterocycles. The number of fused-ring (bicyclic) bond motifs is 7. The van der Waals surface area contributed by atoms with Crippen molar-refractivity contribution in [3.8, 4) is 11.5 Å². The molecule has 3 aliphatic heterocycles. The molecule has 8 nitrogen and oxygen atoms in total. The summed E-state index contributed by atoms with van der Waals surface area (Å²) in [6.07, 6.45) is 17.7. The van der Waals surface area contributed by atoms with E-state index in [1.165, 1.54) is 87.1 Å². The smallest absolute Gasteiger partial charge is 0.343 e. The molecule has 0 radical (unpaired) electrons. The molecule has 3 aliphatic carbocycles. The molecule has 8 heteroatoms. The number of anilines is 3. The van der Waals surface area contributed by atoms with E-state index in [1.54, 1.807) is 0 Å². The third-order valence-corrected chi connectivity index (χ3v) is 17.2. The van der Waals surface area contributed by atoms with Crippen LogP contribution in [0.1, 0.15) is 103 Å². The third kappa shape index (κ3) is 9.04. The highest BCUT2D eigenvalue weighted by Gasteiger charge is 2.49. The Labute approximate surface area is 449 Å². The lowest BCUT2D eigenvalue weighted by Gasteiger charge is -2.49. The zero-order chi connectivity index (χ0) is 51.8. The molecule has 6 aromatic carbocycles. The summed E-state index contributed by atoms with van der Waals surface area (Å²) >= 11 is 0. The number of ether oxygens (including phenoxy) is 3. The Morgan fingerprint density at radius 3 is 2.09 bits per heavy atom. The molecule has 386 valence electrons. The molecular formula is C68H70N4O4. The van der Waals surface area contributed by atoms with Gasteiger partial charge in [-0.2, -0.15) is 0 Å². The van der Waals surface area contributed by atoms with Gasteiger partial charge in [-0.25, -0.2) is 4.79 Å². The number of para-hydroxylation sites is 1. The molecule has 2 atom stereocenters. The van der Waals surface area contributed by atoms with E-state index < -0.39 is 0 Å². The molecule has 0 spiro atoms. The number of benzene rings is 6. The Balaban J connectivity index is 0.820. The number of allylic oxidation sites excluding steroid dienone is 4. The molecule has 6 aromatic rings. The number of carbonyl (C=O) groups is 1.